The molecule has 1 heterocycles. The molecule has 33 heavy (non-hydrogen) atoms. The zero-order valence-electron chi connectivity index (χ0n) is 19.4. The van der Waals surface area contributed by atoms with Crippen LogP contribution in [0, 0.1) is 0 Å². The van der Waals surface area contributed by atoms with Crippen molar-refractivity contribution in [3.05, 3.63) is 28.2 Å². The summed E-state index contributed by atoms with van der Waals surface area (Å²) in [5.41, 5.74) is 4.40. The first kappa shape index (κ1) is 30.5. The van der Waals surface area contributed by atoms with Crippen LogP contribution in [0.15, 0.2) is 17.5 Å². The lowest BCUT2D eigenvalue weighted by Crippen LogP contribution is -2.50. The second kappa shape index (κ2) is 16.2. The molecule has 10 nitrogen and oxygen atoms in total. The van der Waals surface area contributed by atoms with Crippen LogP contribution in [0.3, 0.4) is 0 Å². The van der Waals surface area contributed by atoms with Gasteiger partial charge in [0, 0.05) is 11.3 Å². The summed E-state index contributed by atoms with van der Waals surface area (Å²) in [7, 11) is 0. The van der Waals surface area contributed by atoms with Crippen LogP contribution in [-0.4, -0.2) is 57.9 Å². The summed E-state index contributed by atoms with van der Waals surface area (Å²) in [5.74, 6) is -2.46. The summed E-state index contributed by atoms with van der Waals surface area (Å²) in [5, 5.41) is 15.6. The summed E-state index contributed by atoms with van der Waals surface area (Å²) >= 11 is 6.73. The Morgan fingerprint density at radius 2 is 1.94 bits per heavy atom. The minimum Gasteiger partial charge on any atom is -0.476 e. The van der Waals surface area contributed by atoms with Crippen molar-refractivity contribution in [1.29, 1.82) is 0 Å². The van der Waals surface area contributed by atoms with Crippen LogP contribution in [0.25, 0.3) is 0 Å². The predicted octanol–water partition coefficient (Wildman–Crippen LogP) is 2.21. The molecule has 0 spiro atoms. The topological polar surface area (TPSA) is 161 Å². The minimum absolute atomic E-state index is 0.0461. The highest BCUT2D eigenvalue weighted by Gasteiger charge is 2.23. The Hall–Kier alpha value is -2.50. The van der Waals surface area contributed by atoms with E-state index in [-0.39, 0.29) is 18.7 Å². The first-order valence-electron chi connectivity index (χ1n) is 10.4. The number of hydrogen-bond acceptors (Lipinski definition) is 8. The molecular weight excluding hydrogens is 472 g/mol. The van der Waals surface area contributed by atoms with E-state index < -0.39 is 41.9 Å². The van der Waals surface area contributed by atoms with Crippen LogP contribution in [-0.2, 0) is 25.7 Å². The fraction of sp³-hybridized carbons (Fsp3) is 0.571. The van der Waals surface area contributed by atoms with Crippen molar-refractivity contribution in [3.8, 4) is 0 Å². The number of carbonyl (C=O) groups is 4. The number of hydrogen-bond donors (Lipinski definition) is 4. The number of thiazole rings is 1. The van der Waals surface area contributed by atoms with Gasteiger partial charge in [0.25, 0.3) is 0 Å². The summed E-state index contributed by atoms with van der Waals surface area (Å²) in [6.45, 7) is 6.90. The summed E-state index contributed by atoms with van der Waals surface area (Å²) < 4.78 is 5.24. The van der Waals surface area contributed by atoms with E-state index in [1.165, 1.54) is 25.6 Å². The second-order valence-corrected chi connectivity index (χ2v) is 8.78. The molecule has 0 bridgehead atoms. The number of esters is 1. The number of halogens is 1. The standard InChI is InChI=1S/C18H25ClN4O6S.C3H8/c1-18(2,20)17(28)22-9-15(25)29-11(5-3-4-6-19)7-13(24)21-8-14-23-12(10-30-14)16(26)27;1-3-2/h3,5,10-11H,4,6-9,20H2,1-2H3,(H,21,24)(H,22,28)(H,26,27);3H2,1-2H3/b5-3+;. The molecule has 0 radical (unpaired) electrons. The normalized spacial score (nSPS) is 11.8. The number of aromatic nitrogens is 1. The molecule has 1 aromatic heterocycles. The minimum atomic E-state index is -1.15. The third-order valence-electron chi connectivity index (χ3n) is 3.48. The molecule has 0 aromatic carbocycles. The van der Waals surface area contributed by atoms with E-state index in [4.69, 9.17) is 27.2 Å². The van der Waals surface area contributed by atoms with Gasteiger partial charge in [0.2, 0.25) is 11.8 Å². The summed E-state index contributed by atoms with van der Waals surface area (Å²) in [4.78, 5) is 50.6. The number of carboxylic acids is 1. The van der Waals surface area contributed by atoms with Crippen LogP contribution in [0.4, 0.5) is 0 Å². The maximum Gasteiger partial charge on any atom is 0.355 e. The van der Waals surface area contributed by atoms with Crippen molar-refractivity contribution in [2.24, 2.45) is 5.73 Å². The molecule has 0 saturated carbocycles. The lowest BCUT2D eigenvalue weighted by molar-refractivity contribution is -0.148. The predicted molar refractivity (Wildman–Crippen MR) is 127 cm³/mol. The number of nitrogens with one attached hydrogen (secondary N) is 2. The first-order chi connectivity index (χ1) is 15.4. The third-order valence-corrected chi connectivity index (χ3v) is 4.55. The molecule has 1 rings (SSSR count). The smallest absolute Gasteiger partial charge is 0.355 e. The molecule has 1 unspecified atom stereocenters. The maximum atomic E-state index is 12.2. The van der Waals surface area contributed by atoms with E-state index in [1.54, 1.807) is 12.2 Å². The van der Waals surface area contributed by atoms with Crippen molar-refractivity contribution in [2.45, 2.75) is 65.1 Å². The van der Waals surface area contributed by atoms with Crippen molar-refractivity contribution in [2.75, 3.05) is 12.4 Å². The van der Waals surface area contributed by atoms with Crippen LogP contribution < -0.4 is 16.4 Å². The quantitative estimate of drug-likeness (QED) is 0.191. The Morgan fingerprint density at radius 3 is 2.45 bits per heavy atom. The van der Waals surface area contributed by atoms with Gasteiger partial charge >= 0.3 is 11.9 Å². The average molecular weight is 505 g/mol. The molecule has 0 fully saturated rings. The van der Waals surface area contributed by atoms with Gasteiger partial charge in [-0.2, -0.15) is 0 Å². The van der Waals surface area contributed by atoms with Crippen molar-refractivity contribution >= 4 is 46.7 Å². The number of allylic oxidation sites excluding steroid dienone is 1. The van der Waals surface area contributed by atoms with Crippen LogP contribution >= 0.6 is 22.9 Å². The number of aromatic carboxylic acids is 1. The Balaban J connectivity index is 0.00000322. The molecule has 1 atom stereocenters. The monoisotopic (exact) mass is 504 g/mol. The molecule has 1 aromatic rings. The van der Waals surface area contributed by atoms with Crippen molar-refractivity contribution in [3.63, 3.8) is 0 Å². The van der Waals surface area contributed by atoms with E-state index in [1.807, 2.05) is 0 Å². The van der Waals surface area contributed by atoms with Gasteiger partial charge in [-0.15, -0.1) is 22.9 Å². The molecule has 186 valence electrons. The Morgan fingerprint density at radius 1 is 1.30 bits per heavy atom. The van der Waals surface area contributed by atoms with Crippen LogP contribution in [0.1, 0.15) is 62.5 Å². The largest absolute Gasteiger partial charge is 0.476 e. The molecule has 0 saturated heterocycles. The van der Waals surface area contributed by atoms with E-state index in [9.17, 15) is 19.2 Å². The molecule has 2 amide bonds. The highest BCUT2D eigenvalue weighted by Crippen LogP contribution is 2.10. The molecule has 12 heteroatoms. The molecule has 0 aliphatic rings. The molecule has 0 aliphatic heterocycles. The highest BCUT2D eigenvalue weighted by atomic mass is 35.5. The van der Waals surface area contributed by atoms with Gasteiger partial charge in [0.15, 0.2) is 5.69 Å². The van der Waals surface area contributed by atoms with Crippen LogP contribution in [0.2, 0.25) is 0 Å². The molecule has 0 aliphatic carbocycles. The maximum absolute atomic E-state index is 12.2. The number of carboxylic acid groups (broad SMARTS) is 1. The van der Waals surface area contributed by atoms with Crippen LogP contribution in [0.5, 0.6) is 0 Å². The number of carbonyl (C=O) groups excluding carboxylic acids is 3. The van der Waals surface area contributed by atoms with E-state index in [0.717, 1.165) is 11.3 Å². The lowest BCUT2D eigenvalue weighted by Gasteiger charge is -2.18. The molecular formula is C21H33ClN4O6S. The SMILES string of the molecule is CC(C)(N)C(=O)NCC(=O)OC(/C=C/CCCl)CC(=O)NCc1nc(C(=O)O)cs1.CCC. The zero-order valence-corrected chi connectivity index (χ0v) is 20.9. The van der Waals surface area contributed by atoms with Gasteiger partial charge in [0.05, 0.1) is 18.5 Å². The zero-order chi connectivity index (χ0) is 25.4. The van der Waals surface area contributed by atoms with E-state index >= 15 is 0 Å². The van der Waals surface area contributed by atoms with Gasteiger partial charge in [-0.3, -0.25) is 14.4 Å². The number of alkyl halides is 1. The van der Waals surface area contributed by atoms with Gasteiger partial charge in [-0.25, -0.2) is 9.78 Å². The van der Waals surface area contributed by atoms with E-state index in [2.05, 4.69) is 29.5 Å². The van der Waals surface area contributed by atoms with Gasteiger partial charge in [-0.05, 0) is 26.3 Å². The number of nitrogens with zero attached hydrogens (tertiary/aromatic N) is 1. The Labute approximate surface area is 202 Å². The number of rotatable bonds is 12. The number of nitrogens with two attached hydrogens (primary N) is 1. The van der Waals surface area contributed by atoms with Gasteiger partial charge in [-0.1, -0.05) is 26.3 Å². The van der Waals surface area contributed by atoms with E-state index in [0.29, 0.717) is 17.3 Å². The first-order valence-corrected chi connectivity index (χ1v) is 11.8. The summed E-state index contributed by atoms with van der Waals surface area (Å²) in [6.07, 6.45) is 3.96. The Kier molecular flexibility index (Phi) is 14.9. The van der Waals surface area contributed by atoms with Crippen molar-refractivity contribution < 1.29 is 29.0 Å². The fourth-order valence-electron chi connectivity index (χ4n) is 1.97. The van der Waals surface area contributed by atoms with Gasteiger partial charge in [0.1, 0.15) is 17.7 Å². The number of ether oxygens (including phenoxy) is 1. The van der Waals surface area contributed by atoms with Crippen molar-refractivity contribution in [1.82, 2.24) is 15.6 Å². The third kappa shape index (κ3) is 14.3. The van der Waals surface area contributed by atoms with Gasteiger partial charge < -0.3 is 26.2 Å². The number of amides is 2. The average Bonchev–Trinajstić information content (AvgIpc) is 3.20. The Bertz CT molecular complexity index is 807. The lowest BCUT2D eigenvalue weighted by atomic mass is 10.1. The highest BCUT2D eigenvalue weighted by molar-refractivity contribution is 7.09. The summed E-state index contributed by atoms with van der Waals surface area (Å²) in [6, 6.07) is 0. The molecule has 5 N–H and O–H groups in total. The fourth-order valence-corrected chi connectivity index (χ4v) is 2.80. The second-order valence-electron chi connectivity index (χ2n) is 7.46.